The summed E-state index contributed by atoms with van der Waals surface area (Å²) in [7, 11) is 5.62. The van der Waals surface area contributed by atoms with Crippen LogP contribution >= 0.6 is 0 Å². The third-order valence-corrected chi connectivity index (χ3v) is 3.98. The molecule has 6 nitrogen and oxygen atoms in total. The zero-order valence-corrected chi connectivity index (χ0v) is 14.0. The molecule has 1 heterocycles. The minimum atomic E-state index is -0.274. The van der Waals surface area contributed by atoms with Crippen molar-refractivity contribution in [3.63, 3.8) is 0 Å². The Morgan fingerprint density at radius 1 is 1.35 bits per heavy atom. The van der Waals surface area contributed by atoms with E-state index in [4.69, 9.17) is 4.74 Å². The van der Waals surface area contributed by atoms with Gasteiger partial charge in [-0.2, -0.15) is 0 Å². The Hall–Kier alpha value is -2.08. The minimum absolute atomic E-state index is 0.0682. The Morgan fingerprint density at radius 3 is 2.65 bits per heavy atom. The standard InChI is InChI=1S/C17H25N3O3/c1-19(2)9-4-10-20-12-13(11-16(20)21)17(22)18-14-5-7-15(23-3)8-6-14/h5-8,13H,4,9-12H2,1-3H3,(H,18,22). The van der Waals surface area contributed by atoms with Crippen LogP contribution in [0.2, 0.25) is 0 Å². The van der Waals surface area contributed by atoms with Crippen molar-refractivity contribution < 1.29 is 14.3 Å². The molecule has 6 heteroatoms. The normalized spacial score (nSPS) is 17.7. The first kappa shape index (κ1) is 17.3. The van der Waals surface area contributed by atoms with Crippen LogP contribution in [0.25, 0.3) is 0 Å². The number of likely N-dealkylation sites (tertiary alicyclic amines) is 1. The molecule has 1 aromatic rings. The van der Waals surface area contributed by atoms with Gasteiger partial charge in [0.2, 0.25) is 11.8 Å². The highest BCUT2D eigenvalue weighted by atomic mass is 16.5. The van der Waals surface area contributed by atoms with Crippen LogP contribution in [0, 0.1) is 5.92 Å². The molecule has 0 bridgehead atoms. The van der Waals surface area contributed by atoms with E-state index < -0.39 is 0 Å². The van der Waals surface area contributed by atoms with Crippen molar-refractivity contribution in [1.82, 2.24) is 9.80 Å². The van der Waals surface area contributed by atoms with Crippen LogP contribution in [-0.4, -0.2) is 62.5 Å². The predicted octanol–water partition coefficient (Wildman–Crippen LogP) is 1.43. The second kappa shape index (κ2) is 7.97. The van der Waals surface area contributed by atoms with Crippen LogP contribution in [0.15, 0.2) is 24.3 Å². The van der Waals surface area contributed by atoms with E-state index in [0.29, 0.717) is 25.2 Å². The number of ether oxygens (including phenoxy) is 1. The van der Waals surface area contributed by atoms with Gasteiger partial charge < -0.3 is 19.9 Å². The molecule has 1 saturated heterocycles. The fourth-order valence-electron chi connectivity index (χ4n) is 2.66. The molecule has 1 N–H and O–H groups in total. The first-order valence-corrected chi connectivity index (χ1v) is 7.87. The van der Waals surface area contributed by atoms with Gasteiger partial charge in [0.05, 0.1) is 13.0 Å². The summed E-state index contributed by atoms with van der Waals surface area (Å²) < 4.78 is 5.09. The molecule has 1 fully saturated rings. The van der Waals surface area contributed by atoms with Crippen molar-refractivity contribution in [3.8, 4) is 5.75 Å². The summed E-state index contributed by atoms with van der Waals surface area (Å²) in [6, 6.07) is 7.18. The van der Waals surface area contributed by atoms with E-state index in [-0.39, 0.29) is 17.7 Å². The summed E-state index contributed by atoms with van der Waals surface area (Å²) >= 11 is 0. The lowest BCUT2D eigenvalue weighted by molar-refractivity contribution is -0.128. The third kappa shape index (κ3) is 4.96. The predicted molar refractivity (Wildman–Crippen MR) is 89.5 cm³/mol. The van der Waals surface area contributed by atoms with Crippen LogP contribution in [0.4, 0.5) is 5.69 Å². The van der Waals surface area contributed by atoms with E-state index in [1.54, 1.807) is 36.3 Å². The maximum Gasteiger partial charge on any atom is 0.229 e. The zero-order valence-electron chi connectivity index (χ0n) is 14.0. The highest BCUT2D eigenvalue weighted by molar-refractivity contribution is 5.97. The third-order valence-electron chi connectivity index (χ3n) is 3.98. The molecule has 126 valence electrons. The highest BCUT2D eigenvalue weighted by Crippen LogP contribution is 2.21. The van der Waals surface area contributed by atoms with Crippen LogP contribution in [0.1, 0.15) is 12.8 Å². The highest BCUT2D eigenvalue weighted by Gasteiger charge is 2.33. The van der Waals surface area contributed by atoms with Gasteiger partial charge in [0.15, 0.2) is 0 Å². The first-order chi connectivity index (χ1) is 11.0. The van der Waals surface area contributed by atoms with Crippen molar-refractivity contribution in [3.05, 3.63) is 24.3 Å². The van der Waals surface area contributed by atoms with Gasteiger partial charge in [-0.25, -0.2) is 0 Å². The summed E-state index contributed by atoms with van der Waals surface area (Å²) in [6.07, 6.45) is 1.22. The largest absolute Gasteiger partial charge is 0.497 e. The Bertz CT molecular complexity index is 543. The average molecular weight is 319 g/mol. The quantitative estimate of drug-likeness (QED) is 0.826. The van der Waals surface area contributed by atoms with Crippen molar-refractivity contribution >= 4 is 17.5 Å². The average Bonchev–Trinajstić information content (AvgIpc) is 2.89. The maximum absolute atomic E-state index is 12.3. The molecular formula is C17H25N3O3. The Morgan fingerprint density at radius 2 is 2.04 bits per heavy atom. The number of carbonyl (C=O) groups excluding carboxylic acids is 2. The molecule has 0 spiro atoms. The van der Waals surface area contributed by atoms with Gasteiger partial charge in [-0.15, -0.1) is 0 Å². The summed E-state index contributed by atoms with van der Waals surface area (Å²) in [5, 5.41) is 2.87. The lowest BCUT2D eigenvalue weighted by Crippen LogP contribution is -2.30. The molecule has 0 aromatic heterocycles. The summed E-state index contributed by atoms with van der Waals surface area (Å²) in [5.74, 6) is 0.437. The van der Waals surface area contributed by atoms with Gasteiger partial charge in [-0.3, -0.25) is 9.59 Å². The molecule has 2 rings (SSSR count). The van der Waals surface area contributed by atoms with Gasteiger partial charge in [-0.05, 0) is 51.3 Å². The number of nitrogens with one attached hydrogen (secondary N) is 1. The van der Waals surface area contributed by atoms with Crippen LogP contribution in [-0.2, 0) is 9.59 Å². The monoisotopic (exact) mass is 319 g/mol. The fourth-order valence-corrected chi connectivity index (χ4v) is 2.66. The fraction of sp³-hybridized carbons (Fsp3) is 0.529. The summed E-state index contributed by atoms with van der Waals surface area (Å²) in [4.78, 5) is 28.2. The summed E-state index contributed by atoms with van der Waals surface area (Å²) in [5.41, 5.74) is 0.717. The molecule has 1 unspecified atom stereocenters. The number of nitrogens with zero attached hydrogens (tertiary/aromatic N) is 2. The number of hydrogen-bond donors (Lipinski definition) is 1. The number of anilines is 1. The van der Waals surface area contributed by atoms with Gasteiger partial charge in [0.1, 0.15) is 5.75 Å². The van der Waals surface area contributed by atoms with Gasteiger partial charge >= 0.3 is 0 Å². The van der Waals surface area contributed by atoms with Crippen molar-refractivity contribution in [2.45, 2.75) is 12.8 Å². The zero-order chi connectivity index (χ0) is 16.8. The SMILES string of the molecule is COc1ccc(NC(=O)C2CC(=O)N(CCCN(C)C)C2)cc1. The molecule has 1 aliphatic rings. The van der Waals surface area contributed by atoms with E-state index in [1.165, 1.54) is 0 Å². The molecule has 0 aliphatic carbocycles. The van der Waals surface area contributed by atoms with Crippen molar-refractivity contribution in [2.75, 3.05) is 46.2 Å². The molecular weight excluding hydrogens is 294 g/mol. The lowest BCUT2D eigenvalue weighted by atomic mass is 10.1. The smallest absolute Gasteiger partial charge is 0.229 e. The molecule has 23 heavy (non-hydrogen) atoms. The second-order valence-electron chi connectivity index (χ2n) is 6.12. The molecule has 1 atom stereocenters. The van der Waals surface area contributed by atoms with E-state index in [2.05, 4.69) is 10.2 Å². The van der Waals surface area contributed by atoms with Gasteiger partial charge in [0.25, 0.3) is 0 Å². The van der Waals surface area contributed by atoms with Crippen molar-refractivity contribution in [1.29, 1.82) is 0 Å². The molecule has 0 radical (unpaired) electrons. The van der Waals surface area contributed by atoms with Gasteiger partial charge in [0, 0.05) is 25.2 Å². The Labute approximate surface area is 137 Å². The first-order valence-electron chi connectivity index (χ1n) is 7.87. The van der Waals surface area contributed by atoms with E-state index >= 15 is 0 Å². The molecule has 1 aromatic carbocycles. The Kier molecular flexibility index (Phi) is 5.98. The van der Waals surface area contributed by atoms with Gasteiger partial charge in [-0.1, -0.05) is 0 Å². The number of rotatable bonds is 7. The number of carbonyl (C=O) groups is 2. The minimum Gasteiger partial charge on any atom is -0.497 e. The molecule has 1 aliphatic heterocycles. The number of amides is 2. The molecule has 0 saturated carbocycles. The molecule has 2 amide bonds. The van der Waals surface area contributed by atoms with Crippen LogP contribution < -0.4 is 10.1 Å². The van der Waals surface area contributed by atoms with Crippen LogP contribution in [0.5, 0.6) is 5.75 Å². The number of benzene rings is 1. The topological polar surface area (TPSA) is 61.9 Å². The van der Waals surface area contributed by atoms with Crippen molar-refractivity contribution in [2.24, 2.45) is 5.92 Å². The second-order valence-corrected chi connectivity index (χ2v) is 6.12. The number of hydrogen-bond acceptors (Lipinski definition) is 4. The summed E-state index contributed by atoms with van der Waals surface area (Å²) in [6.45, 7) is 2.16. The Balaban J connectivity index is 1.84. The van der Waals surface area contributed by atoms with E-state index in [9.17, 15) is 9.59 Å². The van der Waals surface area contributed by atoms with E-state index in [1.807, 2.05) is 14.1 Å². The lowest BCUT2D eigenvalue weighted by Gasteiger charge is -2.18. The van der Waals surface area contributed by atoms with E-state index in [0.717, 1.165) is 18.7 Å². The maximum atomic E-state index is 12.3. The number of methoxy groups -OCH3 is 1. The van der Waals surface area contributed by atoms with Crippen LogP contribution in [0.3, 0.4) is 0 Å².